The first-order chi connectivity index (χ1) is 21.6. The van der Waals surface area contributed by atoms with Crippen LogP contribution in [0.2, 0.25) is 0 Å². The molecule has 0 unspecified atom stereocenters. The maximum Gasteiger partial charge on any atom is 0.330 e. The Morgan fingerprint density at radius 1 is 0.667 bits per heavy atom. The van der Waals surface area contributed by atoms with E-state index in [1.165, 1.54) is 80.2 Å². The molecule has 0 atom stereocenters. The Morgan fingerprint density at radius 3 is 1.62 bits per heavy atom. The van der Waals surface area contributed by atoms with Gasteiger partial charge in [0, 0.05) is 6.08 Å². The molecule has 0 saturated heterocycles. The van der Waals surface area contributed by atoms with Crippen LogP contribution in [-0.4, -0.2) is 31.0 Å². The molecule has 0 fully saturated rings. The van der Waals surface area contributed by atoms with Crippen LogP contribution in [0.4, 0.5) is 0 Å². The smallest absolute Gasteiger partial charge is 0.330 e. The van der Waals surface area contributed by atoms with Crippen LogP contribution in [-0.2, 0) is 9.53 Å². The van der Waals surface area contributed by atoms with E-state index >= 15 is 0 Å². The maximum absolute atomic E-state index is 12.0. The predicted octanol–water partition coefficient (Wildman–Crippen LogP) is 5.47. The molecule has 0 saturated carbocycles. The van der Waals surface area contributed by atoms with Crippen molar-refractivity contribution in [3.63, 3.8) is 0 Å². The van der Waals surface area contributed by atoms with Crippen molar-refractivity contribution < 1.29 is 36.4 Å². The van der Waals surface area contributed by atoms with E-state index in [1.807, 2.05) is 0 Å². The Balaban J connectivity index is 0.00000552. The molecule has 0 bridgehead atoms. The van der Waals surface area contributed by atoms with Crippen molar-refractivity contribution >= 4 is 35.2 Å². The number of phenolic OH excluding ortho intramolecular Hbond substituents is 1. The summed E-state index contributed by atoms with van der Waals surface area (Å²) < 4.78 is 10.4. The van der Waals surface area contributed by atoms with Crippen LogP contribution in [0.1, 0.15) is 63.4 Å². The summed E-state index contributed by atoms with van der Waals surface area (Å²) in [5.41, 5.74) is 0.765. The van der Waals surface area contributed by atoms with E-state index in [0.717, 1.165) is 18.4 Å². The maximum atomic E-state index is 12.0. The lowest BCUT2D eigenvalue weighted by molar-refractivity contribution is -0.137. The van der Waals surface area contributed by atoms with E-state index in [-0.39, 0.29) is 28.7 Å². The predicted molar refractivity (Wildman–Crippen MR) is 186 cm³/mol. The first kappa shape index (κ1) is 36.1. The van der Waals surface area contributed by atoms with E-state index in [4.69, 9.17) is 9.47 Å². The Kier molecular flexibility index (Phi) is 15.9. The number of aromatic hydroxyl groups is 1. The highest BCUT2D eigenvalue weighted by atomic mass is 79.9. The molecule has 0 aliphatic rings. The van der Waals surface area contributed by atoms with Gasteiger partial charge in [0.25, 0.3) is 0 Å². The number of hydrogen-bond acceptors (Lipinski definition) is 4. The van der Waals surface area contributed by atoms with Crippen molar-refractivity contribution in [2.45, 2.75) is 57.8 Å². The molecule has 45 heavy (non-hydrogen) atoms. The van der Waals surface area contributed by atoms with E-state index in [0.29, 0.717) is 12.4 Å². The van der Waals surface area contributed by atoms with Crippen LogP contribution >= 0.6 is 7.26 Å². The Hall–Kier alpha value is -3.40. The molecule has 1 N–H and O–H groups in total. The number of rotatable bonds is 18. The van der Waals surface area contributed by atoms with Crippen molar-refractivity contribution in [1.82, 2.24) is 0 Å². The van der Waals surface area contributed by atoms with Crippen molar-refractivity contribution in [3.05, 3.63) is 121 Å². The van der Waals surface area contributed by atoms with Crippen molar-refractivity contribution in [3.8, 4) is 11.5 Å². The summed E-state index contributed by atoms with van der Waals surface area (Å²) in [5, 5.41) is 14.1. The number of methoxy groups -OCH3 is 1. The summed E-state index contributed by atoms with van der Waals surface area (Å²) in [4.78, 5) is 12.0. The van der Waals surface area contributed by atoms with Gasteiger partial charge >= 0.3 is 5.97 Å². The number of halogens is 1. The Morgan fingerprint density at radius 2 is 1.13 bits per heavy atom. The second-order valence-corrected chi connectivity index (χ2v) is 14.8. The highest BCUT2D eigenvalue weighted by molar-refractivity contribution is 7.95. The number of hydrogen-bond donors (Lipinski definition) is 1. The quantitative estimate of drug-likeness (QED) is 0.0653. The average Bonchev–Trinajstić information content (AvgIpc) is 3.08. The van der Waals surface area contributed by atoms with E-state index < -0.39 is 7.26 Å². The summed E-state index contributed by atoms with van der Waals surface area (Å²) in [5.74, 6) is 0.0920. The number of ether oxygens (including phenoxy) is 2. The van der Waals surface area contributed by atoms with Crippen LogP contribution in [0.3, 0.4) is 0 Å². The third-order valence-corrected chi connectivity index (χ3v) is 12.6. The highest BCUT2D eigenvalue weighted by Crippen LogP contribution is 2.56. The molecule has 4 nitrogen and oxygen atoms in total. The SMILES string of the molecule is COc1cc(/C=C/C(=O)OCCCCCCCCCCC[P+](c2ccccc2)(c2ccccc2)c2ccccc2)ccc1O.[Br-]. The first-order valence-electron chi connectivity index (χ1n) is 15.9. The van der Waals surface area contributed by atoms with Crippen molar-refractivity contribution in [1.29, 1.82) is 0 Å². The molecule has 4 aromatic carbocycles. The molecule has 6 heteroatoms. The molecular formula is C39H46BrO4P. The van der Waals surface area contributed by atoms with Gasteiger partial charge in [-0.1, -0.05) is 99.2 Å². The van der Waals surface area contributed by atoms with Gasteiger partial charge in [-0.3, -0.25) is 0 Å². The number of benzene rings is 4. The summed E-state index contributed by atoms with van der Waals surface area (Å²) in [6.45, 7) is 0.442. The summed E-state index contributed by atoms with van der Waals surface area (Å²) in [6, 6.07) is 38.4. The van der Waals surface area contributed by atoms with Gasteiger partial charge in [0.15, 0.2) is 11.5 Å². The Labute approximate surface area is 280 Å². The standard InChI is InChI=1S/C39H45O4P.BrH/c1-42-38-32-33(26-28-37(38)40)27-29-39(41)43-30-18-7-5-3-2-4-6-8-19-31-44(34-20-12-9-13-21-34,35-22-14-10-15-23-35)36-24-16-11-17-25-36;/h9-17,20-29,32H,2-8,18-19,30-31H2,1H3;1H. The second kappa shape index (κ2) is 19.9. The zero-order chi connectivity index (χ0) is 30.9. The third-order valence-electron chi connectivity index (χ3n) is 8.09. The zero-order valence-corrected chi connectivity index (χ0v) is 28.8. The number of esters is 1. The molecule has 0 aromatic heterocycles. The van der Waals surface area contributed by atoms with Crippen LogP contribution < -0.4 is 37.6 Å². The van der Waals surface area contributed by atoms with Crippen LogP contribution in [0.25, 0.3) is 6.08 Å². The highest BCUT2D eigenvalue weighted by Gasteiger charge is 2.44. The largest absolute Gasteiger partial charge is 1.00 e. The lowest BCUT2D eigenvalue weighted by atomic mass is 10.1. The van der Waals surface area contributed by atoms with Crippen LogP contribution in [0.15, 0.2) is 115 Å². The molecule has 0 heterocycles. The van der Waals surface area contributed by atoms with E-state index in [1.54, 1.807) is 24.3 Å². The molecule has 4 aromatic rings. The number of carbonyl (C=O) groups is 1. The average molecular weight is 690 g/mol. The second-order valence-electron chi connectivity index (χ2n) is 11.2. The van der Waals surface area contributed by atoms with Gasteiger partial charge in [-0.15, -0.1) is 0 Å². The molecule has 0 aliphatic carbocycles. The molecule has 0 radical (unpaired) electrons. The van der Waals surface area contributed by atoms with Crippen LogP contribution in [0, 0.1) is 0 Å². The van der Waals surface area contributed by atoms with Crippen LogP contribution in [0.5, 0.6) is 11.5 Å². The third kappa shape index (κ3) is 10.9. The van der Waals surface area contributed by atoms with Gasteiger partial charge in [0.05, 0.1) is 19.9 Å². The van der Waals surface area contributed by atoms with Gasteiger partial charge in [0.1, 0.15) is 23.2 Å². The number of phenols is 1. The van der Waals surface area contributed by atoms with Gasteiger partial charge in [0.2, 0.25) is 0 Å². The van der Waals surface area contributed by atoms with Crippen molar-refractivity contribution in [2.24, 2.45) is 0 Å². The summed E-state index contributed by atoms with van der Waals surface area (Å²) in [6.07, 6.45) is 14.9. The fourth-order valence-electron chi connectivity index (χ4n) is 5.75. The molecule has 0 spiro atoms. The molecule has 0 amide bonds. The van der Waals surface area contributed by atoms with E-state index in [2.05, 4.69) is 91.0 Å². The molecule has 238 valence electrons. The fourth-order valence-corrected chi connectivity index (χ4v) is 10.2. The monoisotopic (exact) mass is 688 g/mol. The normalized spacial score (nSPS) is 11.2. The summed E-state index contributed by atoms with van der Waals surface area (Å²) >= 11 is 0. The molecule has 4 rings (SSSR count). The minimum atomic E-state index is -1.72. The Bertz CT molecular complexity index is 1330. The lowest BCUT2D eigenvalue weighted by Gasteiger charge is -2.27. The zero-order valence-electron chi connectivity index (χ0n) is 26.3. The van der Waals surface area contributed by atoms with Crippen molar-refractivity contribution in [2.75, 3.05) is 19.9 Å². The van der Waals surface area contributed by atoms with Gasteiger partial charge < -0.3 is 31.6 Å². The topological polar surface area (TPSA) is 55.8 Å². The molecule has 0 aliphatic heterocycles. The number of carbonyl (C=O) groups excluding carboxylic acids is 1. The van der Waals surface area contributed by atoms with Gasteiger partial charge in [-0.05, 0) is 79.4 Å². The lowest BCUT2D eigenvalue weighted by Crippen LogP contribution is -3.00. The minimum absolute atomic E-state index is 0. The number of unbranched alkanes of at least 4 members (excludes halogenated alkanes) is 8. The van der Waals surface area contributed by atoms with Gasteiger partial charge in [-0.25, -0.2) is 4.79 Å². The van der Waals surface area contributed by atoms with Gasteiger partial charge in [-0.2, -0.15) is 0 Å². The first-order valence-corrected chi connectivity index (χ1v) is 17.9. The summed E-state index contributed by atoms with van der Waals surface area (Å²) in [7, 11) is -0.223. The fraction of sp³-hybridized carbons (Fsp3) is 0.308. The molecular weight excluding hydrogens is 643 g/mol. The van der Waals surface area contributed by atoms with E-state index in [9.17, 15) is 9.90 Å². The minimum Gasteiger partial charge on any atom is -1.00 e.